The van der Waals surface area contributed by atoms with Crippen LogP contribution in [0.3, 0.4) is 0 Å². The minimum absolute atomic E-state index is 0.143. The number of pyridine rings is 1. The second-order valence-electron chi connectivity index (χ2n) is 7.20. The molecule has 0 bridgehead atoms. The third-order valence-electron chi connectivity index (χ3n) is 4.85. The molecular weight excluding hydrogens is 458 g/mol. The zero-order valence-corrected chi connectivity index (χ0v) is 18.6. The maximum Gasteiger partial charge on any atom is 0.258 e. The molecule has 1 amide bonds. The SMILES string of the molecule is Cc1ccc(NC(=O)c2cccc(Br)c2)cc1OCc1cc(=O)n2cccc(C)c2n1. The van der Waals surface area contributed by atoms with Crippen LogP contribution in [0.25, 0.3) is 5.65 Å². The molecule has 0 fully saturated rings. The van der Waals surface area contributed by atoms with Crippen molar-refractivity contribution in [2.75, 3.05) is 5.32 Å². The van der Waals surface area contributed by atoms with Gasteiger partial charge in [0.25, 0.3) is 11.5 Å². The van der Waals surface area contributed by atoms with Gasteiger partial charge >= 0.3 is 0 Å². The van der Waals surface area contributed by atoms with E-state index in [1.807, 2.05) is 50.2 Å². The highest BCUT2D eigenvalue weighted by Gasteiger charge is 2.10. The zero-order chi connectivity index (χ0) is 22.0. The van der Waals surface area contributed by atoms with Gasteiger partial charge in [-0.1, -0.05) is 34.1 Å². The highest BCUT2D eigenvalue weighted by Crippen LogP contribution is 2.24. The van der Waals surface area contributed by atoms with Crippen LogP contribution in [0.5, 0.6) is 5.75 Å². The van der Waals surface area contributed by atoms with Gasteiger partial charge in [0.15, 0.2) is 0 Å². The third kappa shape index (κ3) is 4.67. The molecule has 4 rings (SSSR count). The third-order valence-corrected chi connectivity index (χ3v) is 5.34. The van der Waals surface area contributed by atoms with E-state index in [0.29, 0.717) is 28.3 Å². The Morgan fingerprint density at radius 2 is 1.90 bits per heavy atom. The second-order valence-corrected chi connectivity index (χ2v) is 8.12. The Balaban J connectivity index is 1.53. The number of hydrogen-bond donors (Lipinski definition) is 1. The van der Waals surface area contributed by atoms with Gasteiger partial charge in [0.05, 0.1) is 5.69 Å². The number of amides is 1. The van der Waals surface area contributed by atoms with Crippen molar-refractivity contribution in [1.82, 2.24) is 9.38 Å². The van der Waals surface area contributed by atoms with Gasteiger partial charge in [0.1, 0.15) is 18.0 Å². The van der Waals surface area contributed by atoms with Crippen molar-refractivity contribution in [2.45, 2.75) is 20.5 Å². The van der Waals surface area contributed by atoms with Gasteiger partial charge in [-0.3, -0.25) is 14.0 Å². The van der Waals surface area contributed by atoms with Gasteiger partial charge in [-0.2, -0.15) is 0 Å². The molecule has 156 valence electrons. The van der Waals surface area contributed by atoms with Crippen LogP contribution in [0.2, 0.25) is 0 Å². The molecule has 0 radical (unpaired) electrons. The maximum absolute atomic E-state index is 12.5. The summed E-state index contributed by atoms with van der Waals surface area (Å²) in [5.41, 5.74) is 3.99. The first-order valence-electron chi connectivity index (χ1n) is 9.69. The normalized spacial score (nSPS) is 10.8. The highest BCUT2D eigenvalue weighted by atomic mass is 79.9. The van der Waals surface area contributed by atoms with Crippen molar-refractivity contribution >= 4 is 33.2 Å². The molecular formula is C24H20BrN3O3. The number of hydrogen-bond acceptors (Lipinski definition) is 4. The number of rotatable bonds is 5. The first-order valence-corrected chi connectivity index (χ1v) is 10.5. The number of carbonyl (C=O) groups is 1. The minimum Gasteiger partial charge on any atom is -0.487 e. The fourth-order valence-corrected chi connectivity index (χ4v) is 3.60. The summed E-state index contributed by atoms with van der Waals surface area (Å²) in [6.45, 7) is 3.97. The van der Waals surface area contributed by atoms with Crippen molar-refractivity contribution in [3.05, 3.63) is 104 Å². The van der Waals surface area contributed by atoms with Gasteiger partial charge < -0.3 is 10.1 Å². The molecule has 6 nitrogen and oxygen atoms in total. The molecule has 0 saturated heterocycles. The van der Waals surface area contributed by atoms with Crippen LogP contribution in [0.15, 0.2) is 76.1 Å². The van der Waals surface area contributed by atoms with Gasteiger partial charge in [-0.25, -0.2) is 4.98 Å². The lowest BCUT2D eigenvalue weighted by Gasteiger charge is -2.12. The first-order chi connectivity index (χ1) is 14.9. The maximum atomic E-state index is 12.5. The number of halogens is 1. The Bertz CT molecular complexity index is 1350. The quantitative estimate of drug-likeness (QED) is 0.443. The summed E-state index contributed by atoms with van der Waals surface area (Å²) in [5.74, 6) is 0.398. The highest BCUT2D eigenvalue weighted by molar-refractivity contribution is 9.10. The summed E-state index contributed by atoms with van der Waals surface area (Å²) >= 11 is 3.37. The van der Waals surface area contributed by atoms with Crippen LogP contribution in [-0.2, 0) is 6.61 Å². The number of nitrogens with zero attached hydrogens (tertiary/aromatic N) is 2. The van der Waals surface area contributed by atoms with Crippen LogP contribution >= 0.6 is 15.9 Å². The van der Waals surface area contributed by atoms with E-state index in [9.17, 15) is 9.59 Å². The van der Waals surface area contributed by atoms with E-state index in [1.165, 1.54) is 10.5 Å². The van der Waals surface area contributed by atoms with Crippen LogP contribution in [0, 0.1) is 13.8 Å². The Hall–Kier alpha value is -3.45. The molecule has 0 aliphatic rings. The van der Waals surface area contributed by atoms with E-state index in [2.05, 4.69) is 26.2 Å². The smallest absolute Gasteiger partial charge is 0.258 e. The molecule has 4 aromatic rings. The van der Waals surface area contributed by atoms with Crippen molar-refractivity contribution in [3.63, 3.8) is 0 Å². The molecule has 2 aromatic heterocycles. The zero-order valence-electron chi connectivity index (χ0n) is 17.1. The fraction of sp³-hybridized carbons (Fsp3) is 0.125. The minimum atomic E-state index is -0.212. The monoisotopic (exact) mass is 477 g/mol. The van der Waals surface area contributed by atoms with E-state index in [4.69, 9.17) is 4.74 Å². The first kappa shape index (κ1) is 20.8. The van der Waals surface area contributed by atoms with E-state index < -0.39 is 0 Å². The van der Waals surface area contributed by atoms with E-state index in [1.54, 1.807) is 24.4 Å². The molecule has 0 aliphatic carbocycles. The van der Waals surface area contributed by atoms with Crippen LogP contribution in [-0.4, -0.2) is 15.3 Å². The molecule has 0 saturated carbocycles. The molecule has 2 heterocycles. The number of anilines is 1. The van der Waals surface area contributed by atoms with Gasteiger partial charge in [0, 0.05) is 34.1 Å². The summed E-state index contributed by atoms with van der Waals surface area (Å²) in [6, 6.07) is 17.8. The van der Waals surface area contributed by atoms with E-state index in [-0.39, 0.29) is 18.1 Å². The lowest BCUT2D eigenvalue weighted by Crippen LogP contribution is -2.17. The van der Waals surface area contributed by atoms with Gasteiger partial charge in [0.2, 0.25) is 0 Å². The number of carbonyl (C=O) groups excluding carboxylic acids is 1. The summed E-state index contributed by atoms with van der Waals surface area (Å²) < 4.78 is 8.30. The Kier molecular flexibility index (Phi) is 5.86. The molecule has 0 aliphatic heterocycles. The van der Waals surface area contributed by atoms with E-state index >= 15 is 0 Å². The summed E-state index contributed by atoms with van der Waals surface area (Å²) in [7, 11) is 0. The number of benzene rings is 2. The summed E-state index contributed by atoms with van der Waals surface area (Å²) in [4.78, 5) is 29.5. The van der Waals surface area contributed by atoms with Crippen LogP contribution < -0.4 is 15.6 Å². The molecule has 7 heteroatoms. The standard InChI is InChI=1S/C24H20BrN3O3/c1-15-8-9-19(27-24(30)17-6-3-7-18(25)11-17)12-21(15)31-14-20-13-22(29)28-10-4-5-16(2)23(28)26-20/h3-13H,14H2,1-2H3,(H,27,30). The average Bonchev–Trinajstić information content (AvgIpc) is 2.75. The number of ether oxygens (including phenoxy) is 1. The summed E-state index contributed by atoms with van der Waals surface area (Å²) in [5, 5.41) is 2.88. The number of nitrogens with one attached hydrogen (secondary N) is 1. The number of fused-ring (bicyclic) bond motifs is 1. The Morgan fingerprint density at radius 3 is 2.71 bits per heavy atom. The van der Waals surface area contributed by atoms with E-state index in [0.717, 1.165) is 15.6 Å². The molecule has 0 spiro atoms. The lowest BCUT2D eigenvalue weighted by atomic mass is 10.1. The number of aromatic nitrogens is 2. The van der Waals surface area contributed by atoms with Crippen LogP contribution in [0.1, 0.15) is 27.2 Å². The van der Waals surface area contributed by atoms with Gasteiger partial charge in [-0.15, -0.1) is 0 Å². The molecule has 0 atom stereocenters. The predicted octanol–water partition coefficient (Wildman–Crippen LogP) is 4.91. The van der Waals surface area contributed by atoms with Crippen molar-refractivity contribution in [1.29, 1.82) is 0 Å². The van der Waals surface area contributed by atoms with Crippen molar-refractivity contribution in [3.8, 4) is 5.75 Å². The topological polar surface area (TPSA) is 72.7 Å². The molecule has 0 unspecified atom stereocenters. The Morgan fingerprint density at radius 1 is 1.06 bits per heavy atom. The largest absolute Gasteiger partial charge is 0.487 e. The Labute approximate surface area is 187 Å². The average molecular weight is 478 g/mol. The van der Waals surface area contributed by atoms with Crippen LogP contribution in [0.4, 0.5) is 5.69 Å². The molecule has 31 heavy (non-hydrogen) atoms. The van der Waals surface area contributed by atoms with Gasteiger partial charge in [-0.05, 0) is 55.3 Å². The second kappa shape index (κ2) is 8.73. The predicted molar refractivity (Wildman–Crippen MR) is 124 cm³/mol. The van der Waals surface area contributed by atoms with Crippen molar-refractivity contribution in [2.24, 2.45) is 0 Å². The fourth-order valence-electron chi connectivity index (χ4n) is 3.20. The lowest BCUT2D eigenvalue weighted by molar-refractivity contribution is 0.102. The molecule has 1 N–H and O–H groups in total. The molecule has 2 aromatic carbocycles. The summed E-state index contributed by atoms with van der Waals surface area (Å²) in [6.07, 6.45) is 1.70. The van der Waals surface area contributed by atoms with Crippen molar-refractivity contribution < 1.29 is 9.53 Å². The number of aryl methyl sites for hydroxylation is 2.